The fourth-order valence-electron chi connectivity index (χ4n) is 2.72. The van der Waals surface area contributed by atoms with Gasteiger partial charge in [0, 0.05) is 17.7 Å². The lowest BCUT2D eigenvalue weighted by molar-refractivity contribution is -0.147. The summed E-state index contributed by atoms with van der Waals surface area (Å²) in [5, 5.41) is 11.9. The number of carbonyl (C=O) groups excluding carboxylic acids is 1. The Balaban J connectivity index is 1.81. The molecule has 2 N–H and O–H groups in total. The molecular weight excluding hydrogens is 306 g/mol. The van der Waals surface area contributed by atoms with E-state index in [0.717, 1.165) is 16.9 Å². The van der Waals surface area contributed by atoms with Crippen LogP contribution >= 0.6 is 0 Å². The van der Waals surface area contributed by atoms with Crippen LogP contribution in [0.5, 0.6) is 5.75 Å². The van der Waals surface area contributed by atoms with E-state index in [1.165, 1.54) is 0 Å². The molecule has 0 aromatic heterocycles. The molecule has 0 unspecified atom stereocenters. The standard InChI is InChI=1S/C19H19NO4/c1-24-16-8-7-15(20-17(21)19(9-10-19)18(22)23)12-14(16)11-13-5-3-2-4-6-13/h2-8,12H,9-11H2,1H3,(H,20,21)(H,22,23). The van der Waals surface area contributed by atoms with Crippen LogP contribution in [0.2, 0.25) is 0 Å². The van der Waals surface area contributed by atoms with Gasteiger partial charge in [-0.1, -0.05) is 30.3 Å². The number of hydrogen-bond acceptors (Lipinski definition) is 3. The number of methoxy groups -OCH3 is 1. The van der Waals surface area contributed by atoms with Crippen LogP contribution in [0.1, 0.15) is 24.0 Å². The Hall–Kier alpha value is -2.82. The largest absolute Gasteiger partial charge is 0.496 e. The zero-order valence-electron chi connectivity index (χ0n) is 13.4. The molecule has 1 aliphatic carbocycles. The van der Waals surface area contributed by atoms with E-state index in [-0.39, 0.29) is 0 Å². The van der Waals surface area contributed by atoms with Crippen molar-refractivity contribution in [2.45, 2.75) is 19.3 Å². The molecule has 1 saturated carbocycles. The first kappa shape index (κ1) is 16.1. The molecule has 2 aromatic carbocycles. The van der Waals surface area contributed by atoms with Gasteiger partial charge >= 0.3 is 5.97 Å². The average molecular weight is 325 g/mol. The molecule has 3 rings (SSSR count). The van der Waals surface area contributed by atoms with Crippen LogP contribution in [-0.2, 0) is 16.0 Å². The molecule has 0 spiro atoms. The molecule has 5 nitrogen and oxygen atoms in total. The number of benzene rings is 2. The van der Waals surface area contributed by atoms with Gasteiger partial charge in [0.25, 0.3) is 0 Å². The van der Waals surface area contributed by atoms with E-state index >= 15 is 0 Å². The maximum atomic E-state index is 12.2. The van der Waals surface area contributed by atoms with Gasteiger partial charge in [0.1, 0.15) is 11.2 Å². The van der Waals surface area contributed by atoms with Crippen molar-refractivity contribution in [1.29, 1.82) is 0 Å². The zero-order valence-corrected chi connectivity index (χ0v) is 13.4. The summed E-state index contributed by atoms with van der Waals surface area (Å²) in [6.07, 6.45) is 1.44. The van der Waals surface area contributed by atoms with Gasteiger partial charge in [0.15, 0.2) is 0 Å². The predicted molar refractivity (Wildman–Crippen MR) is 90.2 cm³/mol. The second-order valence-electron chi connectivity index (χ2n) is 6.03. The average Bonchev–Trinajstić information content (AvgIpc) is 3.38. The highest BCUT2D eigenvalue weighted by atomic mass is 16.5. The quantitative estimate of drug-likeness (QED) is 0.800. The van der Waals surface area contributed by atoms with Crippen LogP contribution < -0.4 is 10.1 Å². The zero-order chi connectivity index (χ0) is 17.2. The van der Waals surface area contributed by atoms with Crippen molar-refractivity contribution in [2.75, 3.05) is 12.4 Å². The van der Waals surface area contributed by atoms with Crippen LogP contribution in [0, 0.1) is 5.41 Å². The summed E-state index contributed by atoms with van der Waals surface area (Å²) in [6, 6.07) is 15.3. The summed E-state index contributed by atoms with van der Waals surface area (Å²) >= 11 is 0. The van der Waals surface area contributed by atoms with Crippen molar-refractivity contribution in [2.24, 2.45) is 5.41 Å². The molecule has 0 atom stereocenters. The number of carbonyl (C=O) groups is 2. The van der Waals surface area contributed by atoms with Gasteiger partial charge in [0.2, 0.25) is 5.91 Å². The molecule has 1 amide bonds. The van der Waals surface area contributed by atoms with Crippen molar-refractivity contribution >= 4 is 17.6 Å². The number of rotatable bonds is 6. The molecule has 0 aliphatic heterocycles. The van der Waals surface area contributed by atoms with Crippen molar-refractivity contribution in [3.05, 3.63) is 59.7 Å². The van der Waals surface area contributed by atoms with Gasteiger partial charge in [-0.25, -0.2) is 0 Å². The highest BCUT2D eigenvalue weighted by Crippen LogP contribution is 2.46. The maximum Gasteiger partial charge on any atom is 0.319 e. The lowest BCUT2D eigenvalue weighted by atomic mass is 10.0. The third kappa shape index (κ3) is 3.11. The number of nitrogens with one attached hydrogen (secondary N) is 1. The Bertz CT molecular complexity index is 766. The topological polar surface area (TPSA) is 75.6 Å². The van der Waals surface area contributed by atoms with Gasteiger partial charge in [-0.15, -0.1) is 0 Å². The Kier molecular flexibility index (Phi) is 4.25. The second kappa shape index (κ2) is 6.35. The summed E-state index contributed by atoms with van der Waals surface area (Å²) in [6.45, 7) is 0. The number of carboxylic acid groups (broad SMARTS) is 1. The highest BCUT2D eigenvalue weighted by molar-refractivity contribution is 6.10. The van der Waals surface area contributed by atoms with Crippen molar-refractivity contribution < 1.29 is 19.4 Å². The van der Waals surface area contributed by atoms with Crippen LogP contribution in [0.4, 0.5) is 5.69 Å². The Morgan fingerprint density at radius 3 is 2.46 bits per heavy atom. The normalized spacial score (nSPS) is 14.7. The third-order valence-corrected chi connectivity index (χ3v) is 4.37. The number of amides is 1. The van der Waals surface area contributed by atoms with Crippen LogP contribution in [0.15, 0.2) is 48.5 Å². The second-order valence-corrected chi connectivity index (χ2v) is 6.03. The Morgan fingerprint density at radius 1 is 1.17 bits per heavy atom. The first-order valence-electron chi connectivity index (χ1n) is 7.81. The van der Waals surface area contributed by atoms with E-state index in [1.54, 1.807) is 19.2 Å². The molecular formula is C19H19NO4. The number of ether oxygens (including phenoxy) is 1. The number of aliphatic carboxylic acids is 1. The molecule has 0 radical (unpaired) electrons. The van der Waals surface area contributed by atoms with E-state index < -0.39 is 17.3 Å². The summed E-state index contributed by atoms with van der Waals surface area (Å²) in [7, 11) is 1.60. The van der Waals surface area contributed by atoms with Crippen LogP contribution in [0.25, 0.3) is 0 Å². The van der Waals surface area contributed by atoms with Crippen molar-refractivity contribution in [3.8, 4) is 5.75 Å². The summed E-state index contributed by atoms with van der Waals surface area (Å²) in [5.41, 5.74) is 1.39. The summed E-state index contributed by atoms with van der Waals surface area (Å²) in [4.78, 5) is 23.5. The molecule has 1 fully saturated rings. The van der Waals surface area contributed by atoms with E-state index in [4.69, 9.17) is 4.74 Å². The number of carboxylic acids is 1. The summed E-state index contributed by atoms with van der Waals surface area (Å²) in [5.74, 6) is -0.778. The minimum absolute atomic E-state index is 0.390. The molecule has 0 bridgehead atoms. The fraction of sp³-hybridized carbons (Fsp3) is 0.263. The first-order chi connectivity index (χ1) is 11.5. The minimum Gasteiger partial charge on any atom is -0.496 e. The van der Waals surface area contributed by atoms with Crippen molar-refractivity contribution in [3.63, 3.8) is 0 Å². The van der Waals surface area contributed by atoms with Gasteiger partial charge in [0.05, 0.1) is 7.11 Å². The molecule has 0 saturated heterocycles. The van der Waals surface area contributed by atoms with Crippen molar-refractivity contribution in [1.82, 2.24) is 0 Å². The smallest absolute Gasteiger partial charge is 0.319 e. The van der Waals surface area contributed by atoms with E-state index in [9.17, 15) is 14.7 Å². The Labute approximate surface area is 140 Å². The Morgan fingerprint density at radius 2 is 1.88 bits per heavy atom. The highest BCUT2D eigenvalue weighted by Gasteiger charge is 2.57. The SMILES string of the molecule is COc1ccc(NC(=O)C2(C(=O)O)CC2)cc1Cc1ccccc1. The van der Waals surface area contributed by atoms with Gasteiger partial charge in [-0.2, -0.15) is 0 Å². The number of hydrogen-bond donors (Lipinski definition) is 2. The minimum atomic E-state index is -1.25. The van der Waals surface area contributed by atoms with E-state index in [1.807, 2.05) is 36.4 Å². The van der Waals surface area contributed by atoms with E-state index in [0.29, 0.717) is 24.9 Å². The molecule has 1 aliphatic rings. The first-order valence-corrected chi connectivity index (χ1v) is 7.81. The molecule has 5 heteroatoms. The van der Waals surface area contributed by atoms with Gasteiger partial charge in [-0.3, -0.25) is 9.59 Å². The predicted octanol–water partition coefficient (Wildman–Crippen LogP) is 3.09. The van der Waals surface area contributed by atoms with E-state index in [2.05, 4.69) is 5.32 Å². The fourth-order valence-corrected chi connectivity index (χ4v) is 2.72. The lowest BCUT2D eigenvalue weighted by Crippen LogP contribution is -2.31. The van der Waals surface area contributed by atoms with Crippen LogP contribution in [0.3, 0.4) is 0 Å². The number of anilines is 1. The monoisotopic (exact) mass is 325 g/mol. The molecule has 24 heavy (non-hydrogen) atoms. The van der Waals surface area contributed by atoms with Crippen LogP contribution in [-0.4, -0.2) is 24.1 Å². The third-order valence-electron chi connectivity index (χ3n) is 4.37. The van der Waals surface area contributed by atoms with Gasteiger partial charge < -0.3 is 15.2 Å². The maximum absolute atomic E-state index is 12.2. The molecule has 2 aromatic rings. The molecule has 0 heterocycles. The van der Waals surface area contributed by atoms with Gasteiger partial charge in [-0.05, 0) is 36.6 Å². The molecule has 124 valence electrons. The summed E-state index contributed by atoms with van der Waals surface area (Å²) < 4.78 is 5.39. The lowest BCUT2D eigenvalue weighted by Gasteiger charge is -2.14.